The largest absolute Gasteiger partial charge is 0.314 e. The lowest BCUT2D eigenvalue weighted by atomic mass is 10.1. The van der Waals surface area contributed by atoms with E-state index < -0.39 is 0 Å². The maximum Gasteiger partial charge on any atom is 0.154 e. The number of nitrogens with zero attached hydrogens (tertiary/aromatic N) is 3. The molecule has 3 heterocycles. The number of hydrogen-bond donors (Lipinski definition) is 1. The van der Waals surface area contributed by atoms with E-state index in [4.69, 9.17) is 0 Å². The molecule has 1 aliphatic rings. The van der Waals surface area contributed by atoms with E-state index in [1.807, 2.05) is 16.8 Å². The molecule has 15 heavy (non-hydrogen) atoms. The van der Waals surface area contributed by atoms with E-state index in [-0.39, 0.29) is 0 Å². The molecular weight excluding hydrogens is 188 g/mol. The summed E-state index contributed by atoms with van der Waals surface area (Å²) in [5.74, 6) is 0. The van der Waals surface area contributed by atoms with Crippen molar-refractivity contribution in [3.05, 3.63) is 30.2 Å². The van der Waals surface area contributed by atoms with Gasteiger partial charge in [-0.2, -0.15) is 5.10 Å². The van der Waals surface area contributed by atoms with E-state index in [0.29, 0.717) is 6.04 Å². The molecule has 78 valence electrons. The van der Waals surface area contributed by atoms with Gasteiger partial charge < -0.3 is 5.32 Å². The Balaban J connectivity index is 1.84. The molecule has 0 aliphatic carbocycles. The molecular formula is C11H14N4. The Morgan fingerprint density at radius 2 is 2.53 bits per heavy atom. The molecule has 0 aromatic carbocycles. The smallest absolute Gasteiger partial charge is 0.154 e. The second-order valence-electron chi connectivity index (χ2n) is 4.09. The highest BCUT2D eigenvalue weighted by Crippen LogP contribution is 2.11. The first kappa shape index (κ1) is 8.85. The van der Waals surface area contributed by atoms with Gasteiger partial charge in [0.2, 0.25) is 0 Å². The standard InChI is InChI=1S/C11H14N4/c1-2-10(12-4-1)6-9-7-13-11-3-5-14-15(11)8-9/h3,5,7-8,10,12H,1-2,4,6H2. The first-order valence-corrected chi connectivity index (χ1v) is 5.43. The molecule has 0 bridgehead atoms. The van der Waals surface area contributed by atoms with Gasteiger partial charge in [-0.1, -0.05) is 0 Å². The van der Waals surface area contributed by atoms with E-state index in [0.717, 1.165) is 18.6 Å². The Hall–Kier alpha value is -1.42. The van der Waals surface area contributed by atoms with Crippen molar-refractivity contribution in [1.82, 2.24) is 19.9 Å². The fourth-order valence-corrected chi connectivity index (χ4v) is 2.17. The van der Waals surface area contributed by atoms with Crippen LogP contribution >= 0.6 is 0 Å². The van der Waals surface area contributed by atoms with Crippen molar-refractivity contribution in [1.29, 1.82) is 0 Å². The van der Waals surface area contributed by atoms with Crippen LogP contribution in [0.25, 0.3) is 5.65 Å². The van der Waals surface area contributed by atoms with Crippen LogP contribution in [0.5, 0.6) is 0 Å². The van der Waals surface area contributed by atoms with Gasteiger partial charge in [-0.15, -0.1) is 0 Å². The zero-order chi connectivity index (χ0) is 10.1. The summed E-state index contributed by atoms with van der Waals surface area (Å²) in [6, 6.07) is 2.54. The van der Waals surface area contributed by atoms with Gasteiger partial charge in [-0.05, 0) is 31.4 Å². The van der Waals surface area contributed by atoms with Crippen LogP contribution in [0.2, 0.25) is 0 Å². The molecule has 0 amide bonds. The van der Waals surface area contributed by atoms with Crippen LogP contribution in [0, 0.1) is 0 Å². The first-order chi connectivity index (χ1) is 7.42. The van der Waals surface area contributed by atoms with Crippen molar-refractivity contribution in [3.8, 4) is 0 Å². The monoisotopic (exact) mass is 202 g/mol. The predicted molar refractivity (Wildman–Crippen MR) is 57.7 cm³/mol. The Kier molecular flexibility index (Phi) is 2.14. The second-order valence-corrected chi connectivity index (χ2v) is 4.09. The van der Waals surface area contributed by atoms with Crippen LogP contribution in [0.4, 0.5) is 0 Å². The van der Waals surface area contributed by atoms with Gasteiger partial charge in [0.1, 0.15) is 0 Å². The van der Waals surface area contributed by atoms with Crippen molar-refractivity contribution in [2.24, 2.45) is 0 Å². The van der Waals surface area contributed by atoms with Crippen molar-refractivity contribution in [3.63, 3.8) is 0 Å². The molecule has 1 fully saturated rings. The third-order valence-electron chi connectivity index (χ3n) is 2.94. The number of hydrogen-bond acceptors (Lipinski definition) is 3. The minimum atomic E-state index is 0.625. The van der Waals surface area contributed by atoms with Crippen LogP contribution in [0.15, 0.2) is 24.7 Å². The van der Waals surface area contributed by atoms with E-state index in [1.165, 1.54) is 18.4 Å². The van der Waals surface area contributed by atoms with Crippen molar-refractivity contribution >= 4 is 5.65 Å². The molecule has 1 N–H and O–H groups in total. The molecule has 1 atom stereocenters. The summed E-state index contributed by atoms with van der Waals surface area (Å²) in [6.45, 7) is 1.15. The summed E-state index contributed by atoms with van der Waals surface area (Å²) < 4.78 is 1.84. The average molecular weight is 202 g/mol. The van der Waals surface area contributed by atoms with Gasteiger partial charge in [-0.25, -0.2) is 9.50 Å². The summed E-state index contributed by atoms with van der Waals surface area (Å²) in [6.07, 6.45) is 9.43. The molecule has 4 heteroatoms. The highest BCUT2D eigenvalue weighted by Gasteiger charge is 2.14. The predicted octanol–water partition coefficient (Wildman–Crippen LogP) is 1.02. The molecule has 3 rings (SSSR count). The maximum atomic E-state index is 4.36. The third kappa shape index (κ3) is 1.72. The molecule has 0 radical (unpaired) electrons. The molecule has 2 aromatic rings. The minimum Gasteiger partial charge on any atom is -0.314 e. The normalized spacial score (nSPS) is 21.2. The number of fused-ring (bicyclic) bond motifs is 1. The van der Waals surface area contributed by atoms with Crippen molar-refractivity contribution in [2.45, 2.75) is 25.3 Å². The summed E-state index contributed by atoms with van der Waals surface area (Å²) >= 11 is 0. The fourth-order valence-electron chi connectivity index (χ4n) is 2.17. The highest BCUT2D eigenvalue weighted by molar-refractivity contribution is 5.35. The van der Waals surface area contributed by atoms with Crippen molar-refractivity contribution in [2.75, 3.05) is 6.54 Å². The van der Waals surface area contributed by atoms with Gasteiger partial charge in [0.15, 0.2) is 5.65 Å². The fraction of sp³-hybridized carbons (Fsp3) is 0.455. The van der Waals surface area contributed by atoms with Gasteiger partial charge in [-0.3, -0.25) is 0 Å². The lowest BCUT2D eigenvalue weighted by Crippen LogP contribution is -2.23. The van der Waals surface area contributed by atoms with E-state index in [2.05, 4.69) is 21.6 Å². The molecule has 0 saturated carbocycles. The summed E-state index contributed by atoms with van der Waals surface area (Å²) in [5.41, 5.74) is 2.17. The quantitative estimate of drug-likeness (QED) is 0.790. The Bertz CT molecular complexity index is 456. The summed E-state index contributed by atoms with van der Waals surface area (Å²) in [4.78, 5) is 4.36. The van der Waals surface area contributed by atoms with Crippen LogP contribution in [0.3, 0.4) is 0 Å². The van der Waals surface area contributed by atoms with Crippen LogP contribution in [-0.4, -0.2) is 27.2 Å². The van der Waals surface area contributed by atoms with Gasteiger partial charge in [0.05, 0.1) is 6.20 Å². The molecule has 1 unspecified atom stereocenters. The van der Waals surface area contributed by atoms with Crippen LogP contribution in [-0.2, 0) is 6.42 Å². The zero-order valence-corrected chi connectivity index (χ0v) is 8.56. The average Bonchev–Trinajstić information content (AvgIpc) is 2.87. The minimum absolute atomic E-state index is 0.625. The Morgan fingerprint density at radius 3 is 3.40 bits per heavy atom. The van der Waals surface area contributed by atoms with Gasteiger partial charge in [0, 0.05) is 24.5 Å². The van der Waals surface area contributed by atoms with E-state index in [9.17, 15) is 0 Å². The summed E-state index contributed by atoms with van der Waals surface area (Å²) in [5, 5.41) is 7.68. The molecule has 2 aromatic heterocycles. The van der Waals surface area contributed by atoms with E-state index >= 15 is 0 Å². The van der Waals surface area contributed by atoms with Gasteiger partial charge >= 0.3 is 0 Å². The lowest BCUT2D eigenvalue weighted by molar-refractivity contribution is 0.599. The Morgan fingerprint density at radius 1 is 1.53 bits per heavy atom. The first-order valence-electron chi connectivity index (χ1n) is 5.43. The highest BCUT2D eigenvalue weighted by atomic mass is 15.2. The second kappa shape index (κ2) is 3.62. The lowest BCUT2D eigenvalue weighted by Gasteiger charge is -2.09. The molecule has 1 saturated heterocycles. The number of rotatable bonds is 2. The third-order valence-corrected chi connectivity index (χ3v) is 2.94. The van der Waals surface area contributed by atoms with Gasteiger partial charge in [0.25, 0.3) is 0 Å². The SMILES string of the molecule is c1cc2ncc(CC3CCCN3)cn2n1. The molecule has 0 spiro atoms. The van der Waals surface area contributed by atoms with Crippen molar-refractivity contribution < 1.29 is 0 Å². The van der Waals surface area contributed by atoms with Crippen LogP contribution < -0.4 is 5.32 Å². The number of nitrogens with one attached hydrogen (secondary N) is 1. The van der Waals surface area contributed by atoms with E-state index in [1.54, 1.807) is 6.20 Å². The summed E-state index contributed by atoms with van der Waals surface area (Å²) in [7, 11) is 0. The maximum absolute atomic E-state index is 4.36. The number of aromatic nitrogens is 3. The molecule has 4 nitrogen and oxygen atoms in total. The zero-order valence-electron chi connectivity index (χ0n) is 8.56. The Labute approximate surface area is 88.3 Å². The molecule has 1 aliphatic heterocycles. The topological polar surface area (TPSA) is 42.2 Å². The van der Waals surface area contributed by atoms with Crippen LogP contribution in [0.1, 0.15) is 18.4 Å².